The highest BCUT2D eigenvalue weighted by Crippen LogP contribution is 2.51. The van der Waals surface area contributed by atoms with Crippen LogP contribution in [0.2, 0.25) is 0 Å². The molecule has 0 saturated carbocycles. The van der Waals surface area contributed by atoms with Gasteiger partial charge in [0, 0.05) is 33.7 Å². The third-order valence-electron chi connectivity index (χ3n) is 6.81. The van der Waals surface area contributed by atoms with Gasteiger partial charge in [0.2, 0.25) is 5.75 Å². The Kier molecular flexibility index (Phi) is 7.58. The van der Waals surface area contributed by atoms with Gasteiger partial charge in [0.1, 0.15) is 5.92 Å². The van der Waals surface area contributed by atoms with Crippen molar-refractivity contribution in [2.45, 2.75) is 25.2 Å². The second-order valence-corrected chi connectivity index (χ2v) is 9.61. The van der Waals surface area contributed by atoms with E-state index in [-0.39, 0.29) is 5.57 Å². The summed E-state index contributed by atoms with van der Waals surface area (Å²) in [6, 6.07) is 7.19. The minimum absolute atomic E-state index is 0.252. The molecule has 1 N–H and O–H groups in total. The zero-order valence-electron chi connectivity index (χ0n) is 21.5. The molecule has 10 heteroatoms. The summed E-state index contributed by atoms with van der Waals surface area (Å²) in [5, 5.41) is 5.17. The van der Waals surface area contributed by atoms with Gasteiger partial charge in [0.15, 0.2) is 17.3 Å². The first kappa shape index (κ1) is 26.3. The molecule has 4 rings (SSSR count). The highest BCUT2D eigenvalue weighted by Gasteiger charge is 2.49. The van der Waals surface area contributed by atoms with E-state index in [4.69, 9.17) is 23.7 Å². The van der Waals surface area contributed by atoms with Crippen LogP contribution in [0.3, 0.4) is 0 Å². The van der Waals surface area contributed by atoms with Gasteiger partial charge in [-0.25, -0.2) is 4.79 Å². The van der Waals surface area contributed by atoms with Crippen molar-refractivity contribution in [3.05, 3.63) is 62.6 Å². The molecule has 0 radical (unpaired) electrons. The average Bonchev–Trinajstić information content (AvgIpc) is 3.45. The van der Waals surface area contributed by atoms with Crippen molar-refractivity contribution in [2.24, 2.45) is 5.92 Å². The number of ether oxygens (including phenoxy) is 5. The minimum Gasteiger partial charge on any atom is -0.493 e. The number of esters is 2. The monoisotopic (exact) mass is 527 g/mol. The van der Waals surface area contributed by atoms with Gasteiger partial charge in [0.05, 0.1) is 41.1 Å². The number of hydrogen-bond acceptors (Lipinski definition) is 10. The van der Waals surface area contributed by atoms with Crippen molar-refractivity contribution in [1.82, 2.24) is 5.32 Å². The molecule has 3 atom stereocenters. The molecule has 1 aliphatic carbocycles. The van der Waals surface area contributed by atoms with Crippen LogP contribution in [0.25, 0.3) is 0 Å². The Labute approximate surface area is 219 Å². The maximum Gasteiger partial charge on any atom is 0.336 e. The summed E-state index contributed by atoms with van der Waals surface area (Å²) in [5.74, 6) is -2.84. The van der Waals surface area contributed by atoms with E-state index in [1.54, 1.807) is 19.1 Å². The average molecular weight is 528 g/mol. The first-order valence-corrected chi connectivity index (χ1v) is 12.4. The number of allylic oxidation sites excluding steroid dienone is 3. The molecule has 9 nitrogen and oxygen atoms in total. The largest absolute Gasteiger partial charge is 0.493 e. The zero-order chi connectivity index (χ0) is 26.9. The fraction of sp³-hybridized carbons (Fsp3) is 0.370. The van der Waals surface area contributed by atoms with Crippen molar-refractivity contribution in [1.29, 1.82) is 0 Å². The number of thiophene rings is 1. The predicted octanol–water partition coefficient (Wildman–Crippen LogP) is 3.71. The van der Waals surface area contributed by atoms with Crippen LogP contribution in [0.4, 0.5) is 0 Å². The van der Waals surface area contributed by atoms with Crippen molar-refractivity contribution in [2.75, 3.05) is 35.5 Å². The lowest BCUT2D eigenvalue weighted by atomic mass is 9.68. The van der Waals surface area contributed by atoms with Gasteiger partial charge in [-0.3, -0.25) is 9.59 Å². The molecule has 0 spiro atoms. The van der Waals surface area contributed by atoms with Crippen LogP contribution in [0, 0.1) is 5.92 Å². The van der Waals surface area contributed by atoms with Crippen LogP contribution in [0.5, 0.6) is 17.2 Å². The molecular weight excluding hydrogens is 498 g/mol. The van der Waals surface area contributed by atoms with Crippen LogP contribution in [0.15, 0.2) is 52.2 Å². The first-order valence-electron chi connectivity index (χ1n) is 11.6. The number of hydrogen-bond donors (Lipinski definition) is 1. The summed E-state index contributed by atoms with van der Waals surface area (Å²) in [6.07, 6.45) is 0.383. The Morgan fingerprint density at radius 2 is 1.68 bits per heavy atom. The van der Waals surface area contributed by atoms with Gasteiger partial charge in [-0.15, -0.1) is 11.3 Å². The van der Waals surface area contributed by atoms with E-state index in [0.29, 0.717) is 46.2 Å². The molecule has 2 aliphatic rings. The van der Waals surface area contributed by atoms with E-state index in [1.807, 2.05) is 17.5 Å². The predicted molar refractivity (Wildman–Crippen MR) is 136 cm³/mol. The van der Waals surface area contributed by atoms with Crippen LogP contribution in [-0.2, 0) is 23.9 Å². The molecular formula is C27H29NO8S. The van der Waals surface area contributed by atoms with Crippen molar-refractivity contribution < 1.29 is 38.1 Å². The molecule has 0 saturated heterocycles. The van der Waals surface area contributed by atoms with Gasteiger partial charge in [0.25, 0.3) is 0 Å². The molecule has 0 amide bonds. The zero-order valence-corrected chi connectivity index (χ0v) is 22.3. The molecule has 1 aromatic carbocycles. The maximum absolute atomic E-state index is 14.2. The van der Waals surface area contributed by atoms with E-state index >= 15 is 0 Å². The highest BCUT2D eigenvalue weighted by atomic mass is 32.1. The number of nitrogens with one attached hydrogen (secondary N) is 1. The number of carbonyl (C=O) groups is 3. The molecule has 1 aromatic heterocycles. The number of Topliss-reactive ketones (excluding diaryl/α,β-unsaturated/α-hetero) is 1. The molecule has 196 valence electrons. The number of methoxy groups -OCH3 is 5. The number of dihydropyridines is 1. The second-order valence-electron chi connectivity index (χ2n) is 8.63. The van der Waals surface area contributed by atoms with Gasteiger partial charge in [-0.1, -0.05) is 6.07 Å². The first-order chi connectivity index (χ1) is 17.8. The molecule has 0 unspecified atom stereocenters. The summed E-state index contributed by atoms with van der Waals surface area (Å²) >= 11 is 1.48. The number of carbonyl (C=O) groups excluding carboxylic acids is 3. The van der Waals surface area contributed by atoms with Crippen LogP contribution < -0.4 is 19.5 Å². The third kappa shape index (κ3) is 4.46. The molecule has 37 heavy (non-hydrogen) atoms. The summed E-state index contributed by atoms with van der Waals surface area (Å²) in [6.45, 7) is 1.76. The van der Waals surface area contributed by atoms with Crippen LogP contribution in [0.1, 0.15) is 35.6 Å². The Morgan fingerprint density at radius 1 is 1.00 bits per heavy atom. The quantitative estimate of drug-likeness (QED) is 0.426. The molecule has 2 aromatic rings. The fourth-order valence-corrected chi connectivity index (χ4v) is 6.05. The molecule has 0 bridgehead atoms. The van der Waals surface area contributed by atoms with E-state index in [1.165, 1.54) is 46.9 Å². The second kappa shape index (κ2) is 10.7. The number of ketones is 1. The lowest BCUT2D eigenvalue weighted by Gasteiger charge is -2.39. The smallest absolute Gasteiger partial charge is 0.336 e. The molecule has 0 fully saturated rings. The van der Waals surface area contributed by atoms with Crippen LogP contribution >= 0.6 is 11.3 Å². The minimum atomic E-state index is -1.06. The highest BCUT2D eigenvalue weighted by molar-refractivity contribution is 7.10. The fourth-order valence-electron chi connectivity index (χ4n) is 5.18. The third-order valence-corrected chi connectivity index (χ3v) is 7.81. The Balaban J connectivity index is 1.97. The summed E-state index contributed by atoms with van der Waals surface area (Å²) in [4.78, 5) is 41.1. The van der Waals surface area contributed by atoms with Gasteiger partial charge >= 0.3 is 11.9 Å². The van der Waals surface area contributed by atoms with Gasteiger partial charge < -0.3 is 29.0 Å². The number of benzene rings is 1. The normalized spacial score (nSPS) is 21.1. The van der Waals surface area contributed by atoms with Crippen molar-refractivity contribution in [3.63, 3.8) is 0 Å². The topological polar surface area (TPSA) is 109 Å². The Hall–Kier alpha value is -3.79. The maximum atomic E-state index is 14.2. The lowest BCUT2D eigenvalue weighted by Crippen LogP contribution is -2.43. The molecule has 2 heterocycles. The van der Waals surface area contributed by atoms with Crippen molar-refractivity contribution in [3.8, 4) is 17.2 Å². The summed E-state index contributed by atoms with van der Waals surface area (Å²) in [7, 11) is 7.02. The SMILES string of the molecule is COC(=O)C1=C(C)NC2=C(C(=O)[C@@H](C(=O)OC)[C@@H](c3cccs3)C2)[C@H]1c1cc(OC)c(OC)c(OC)c1. The summed E-state index contributed by atoms with van der Waals surface area (Å²) < 4.78 is 26.7. The van der Waals surface area contributed by atoms with Gasteiger partial charge in [-0.05, 0) is 42.5 Å². The number of rotatable bonds is 7. The van der Waals surface area contributed by atoms with Crippen molar-refractivity contribution >= 4 is 29.1 Å². The van der Waals surface area contributed by atoms with E-state index in [2.05, 4.69) is 5.32 Å². The van der Waals surface area contributed by atoms with E-state index < -0.39 is 35.5 Å². The van der Waals surface area contributed by atoms with E-state index in [0.717, 1.165) is 4.88 Å². The molecule has 1 aliphatic heterocycles. The van der Waals surface area contributed by atoms with Gasteiger partial charge in [-0.2, -0.15) is 0 Å². The Morgan fingerprint density at radius 3 is 2.19 bits per heavy atom. The van der Waals surface area contributed by atoms with E-state index in [9.17, 15) is 14.4 Å². The summed E-state index contributed by atoms with van der Waals surface area (Å²) in [5.41, 5.74) is 2.31. The standard InChI is InChI=1S/C27H29NO8S/c1-13-20(26(30)35-5)21(14-10-17(32-2)25(34-4)18(11-14)33-3)23-16(28-13)12-15(19-8-7-9-37-19)22(24(23)29)27(31)36-6/h7-11,15,21-22,28H,12H2,1-6H3/t15-,21+,22+/m1/s1. The lowest BCUT2D eigenvalue weighted by molar-refractivity contribution is -0.149. The Bertz CT molecular complexity index is 1270. The van der Waals surface area contributed by atoms with Crippen LogP contribution in [-0.4, -0.2) is 53.3 Å².